The van der Waals surface area contributed by atoms with Gasteiger partial charge >= 0.3 is 0 Å². The third kappa shape index (κ3) is 2.31. The van der Waals surface area contributed by atoms with E-state index in [2.05, 4.69) is 24.0 Å². The number of rotatable bonds is 4. The molecule has 0 saturated heterocycles. The van der Waals surface area contributed by atoms with Gasteiger partial charge in [0.15, 0.2) is 5.78 Å². The first kappa shape index (κ1) is 15.6. The fourth-order valence-corrected chi connectivity index (χ4v) is 3.70. The lowest BCUT2D eigenvalue weighted by molar-refractivity contribution is 0.0886. The van der Waals surface area contributed by atoms with Gasteiger partial charge in [-0.3, -0.25) is 4.79 Å². The van der Waals surface area contributed by atoms with E-state index in [0.29, 0.717) is 0 Å². The fraction of sp³-hybridized carbons (Fsp3) is 0.350. The van der Waals surface area contributed by atoms with Gasteiger partial charge in [0.25, 0.3) is 0 Å². The second kappa shape index (κ2) is 5.73. The van der Waals surface area contributed by atoms with E-state index in [4.69, 9.17) is 4.74 Å². The van der Waals surface area contributed by atoms with Gasteiger partial charge in [-0.25, -0.2) is 0 Å². The Morgan fingerprint density at radius 3 is 2.61 bits per heavy atom. The molecule has 0 saturated carbocycles. The Kier molecular flexibility index (Phi) is 3.88. The molecule has 2 aromatic carbocycles. The quantitative estimate of drug-likeness (QED) is 0.799. The number of Topliss-reactive ketones (excluding diaryl/α,β-unsaturated/α-hetero) is 1. The summed E-state index contributed by atoms with van der Waals surface area (Å²) in [5, 5.41) is 0. The first-order chi connectivity index (χ1) is 11.0. The van der Waals surface area contributed by atoms with Crippen molar-refractivity contribution in [3.05, 3.63) is 59.2 Å². The number of benzene rings is 2. The highest BCUT2D eigenvalue weighted by Gasteiger charge is 2.46. The highest BCUT2D eigenvalue weighted by atomic mass is 16.5. The van der Waals surface area contributed by atoms with Crippen LogP contribution in [-0.2, 0) is 6.42 Å². The molecule has 0 N–H and O–H groups in total. The molecule has 1 aliphatic rings. The second-order valence-corrected chi connectivity index (χ2v) is 6.26. The topological polar surface area (TPSA) is 29.5 Å². The van der Waals surface area contributed by atoms with Crippen molar-refractivity contribution in [2.24, 2.45) is 0 Å². The third-order valence-electron chi connectivity index (χ3n) is 5.14. The smallest absolute Gasteiger partial charge is 0.188 e. The Bertz CT molecular complexity index is 753. The molecule has 23 heavy (non-hydrogen) atoms. The maximum atomic E-state index is 13.3. The predicted octanol–water partition coefficient (Wildman–Crippen LogP) is 4.03. The average Bonchev–Trinajstić information content (AvgIpc) is 2.88. The summed E-state index contributed by atoms with van der Waals surface area (Å²) >= 11 is 0. The van der Waals surface area contributed by atoms with Crippen LogP contribution in [0.25, 0.3) is 0 Å². The summed E-state index contributed by atoms with van der Waals surface area (Å²) in [7, 11) is 3.68. The lowest BCUT2D eigenvalue weighted by atomic mass is 9.83. The molecule has 120 valence electrons. The number of likely N-dealkylation sites (N-methyl/N-ethyl adjacent to an activating group) is 1. The third-order valence-corrected chi connectivity index (χ3v) is 5.14. The lowest BCUT2D eigenvalue weighted by Crippen LogP contribution is -2.51. The molecular weight excluding hydrogens is 286 g/mol. The molecule has 3 rings (SSSR count). The second-order valence-electron chi connectivity index (χ2n) is 6.26. The van der Waals surface area contributed by atoms with E-state index < -0.39 is 5.54 Å². The SMILES string of the molecule is CCC1(C(=O)c2ccc(OC)c(C)c2)Cc2ccccc2N1C. The average molecular weight is 309 g/mol. The Morgan fingerprint density at radius 1 is 1.26 bits per heavy atom. The largest absolute Gasteiger partial charge is 0.496 e. The lowest BCUT2D eigenvalue weighted by Gasteiger charge is -2.36. The summed E-state index contributed by atoms with van der Waals surface area (Å²) in [5.41, 5.74) is 3.65. The highest BCUT2D eigenvalue weighted by Crippen LogP contribution is 2.41. The van der Waals surface area contributed by atoms with Gasteiger partial charge in [0, 0.05) is 24.7 Å². The van der Waals surface area contributed by atoms with Crippen LogP contribution in [0.3, 0.4) is 0 Å². The normalized spacial score (nSPS) is 19.6. The van der Waals surface area contributed by atoms with Crippen LogP contribution in [0.1, 0.15) is 34.8 Å². The predicted molar refractivity (Wildman–Crippen MR) is 93.6 cm³/mol. The van der Waals surface area contributed by atoms with Crippen LogP contribution in [0.5, 0.6) is 5.75 Å². The standard InChI is InChI=1S/C20H23NO2/c1-5-20(13-16-8-6-7-9-17(16)21(20)3)19(22)15-10-11-18(23-4)14(2)12-15/h6-12H,5,13H2,1-4H3. The summed E-state index contributed by atoms with van der Waals surface area (Å²) in [6.45, 7) is 4.07. The number of para-hydroxylation sites is 1. The van der Waals surface area contributed by atoms with Crippen LogP contribution < -0.4 is 9.64 Å². The summed E-state index contributed by atoms with van der Waals surface area (Å²) in [4.78, 5) is 15.5. The van der Waals surface area contributed by atoms with Crippen LogP contribution in [0, 0.1) is 6.92 Å². The van der Waals surface area contributed by atoms with Crippen LogP contribution in [0.2, 0.25) is 0 Å². The van der Waals surface area contributed by atoms with Gasteiger partial charge in [-0.15, -0.1) is 0 Å². The molecule has 3 nitrogen and oxygen atoms in total. The first-order valence-electron chi connectivity index (χ1n) is 8.04. The van der Waals surface area contributed by atoms with Gasteiger partial charge in [-0.05, 0) is 48.7 Å². The number of ketones is 1. The molecule has 0 bridgehead atoms. The number of nitrogens with zero attached hydrogens (tertiary/aromatic N) is 1. The van der Waals surface area contributed by atoms with E-state index in [1.165, 1.54) is 5.56 Å². The van der Waals surface area contributed by atoms with E-state index in [-0.39, 0.29) is 5.78 Å². The van der Waals surface area contributed by atoms with E-state index in [1.807, 2.05) is 44.3 Å². The molecule has 0 amide bonds. The van der Waals surface area contributed by atoms with Crippen molar-refractivity contribution < 1.29 is 9.53 Å². The Balaban J connectivity index is 2.02. The van der Waals surface area contributed by atoms with Crippen molar-refractivity contribution in [1.29, 1.82) is 0 Å². The van der Waals surface area contributed by atoms with Crippen LogP contribution >= 0.6 is 0 Å². The molecule has 0 aromatic heterocycles. The molecule has 1 unspecified atom stereocenters. The minimum atomic E-state index is -0.495. The molecule has 2 aromatic rings. The van der Waals surface area contributed by atoms with Gasteiger partial charge in [-0.2, -0.15) is 0 Å². The zero-order valence-corrected chi connectivity index (χ0v) is 14.2. The minimum absolute atomic E-state index is 0.185. The number of anilines is 1. The molecule has 0 spiro atoms. The number of carbonyl (C=O) groups is 1. The number of hydrogen-bond acceptors (Lipinski definition) is 3. The molecule has 3 heteroatoms. The molecule has 0 aliphatic carbocycles. The zero-order valence-electron chi connectivity index (χ0n) is 14.2. The van der Waals surface area contributed by atoms with E-state index >= 15 is 0 Å². The Hall–Kier alpha value is -2.29. The van der Waals surface area contributed by atoms with Gasteiger partial charge in [0.05, 0.1) is 7.11 Å². The van der Waals surface area contributed by atoms with Crippen LogP contribution in [-0.4, -0.2) is 25.5 Å². The van der Waals surface area contributed by atoms with Crippen molar-refractivity contribution in [3.63, 3.8) is 0 Å². The molecule has 0 radical (unpaired) electrons. The number of aryl methyl sites for hydroxylation is 1. The summed E-state index contributed by atoms with van der Waals surface area (Å²) < 4.78 is 5.31. The summed E-state index contributed by atoms with van der Waals surface area (Å²) in [5.74, 6) is 1.000. The maximum absolute atomic E-state index is 13.3. The minimum Gasteiger partial charge on any atom is -0.496 e. The number of fused-ring (bicyclic) bond motifs is 1. The Labute approximate surface area is 137 Å². The maximum Gasteiger partial charge on any atom is 0.188 e. The van der Waals surface area contributed by atoms with Crippen LogP contribution in [0.4, 0.5) is 5.69 Å². The van der Waals surface area contributed by atoms with Crippen molar-refractivity contribution in [3.8, 4) is 5.75 Å². The molecule has 0 fully saturated rings. The van der Waals surface area contributed by atoms with Crippen molar-refractivity contribution in [1.82, 2.24) is 0 Å². The van der Waals surface area contributed by atoms with Crippen LogP contribution in [0.15, 0.2) is 42.5 Å². The van der Waals surface area contributed by atoms with Crippen molar-refractivity contribution in [2.75, 3.05) is 19.1 Å². The highest BCUT2D eigenvalue weighted by molar-refractivity contribution is 6.07. The van der Waals surface area contributed by atoms with E-state index in [9.17, 15) is 4.79 Å². The van der Waals surface area contributed by atoms with Gasteiger partial charge in [0.2, 0.25) is 0 Å². The fourth-order valence-electron chi connectivity index (χ4n) is 3.70. The van der Waals surface area contributed by atoms with E-state index in [0.717, 1.165) is 35.4 Å². The first-order valence-corrected chi connectivity index (χ1v) is 8.04. The van der Waals surface area contributed by atoms with Gasteiger partial charge < -0.3 is 9.64 Å². The summed E-state index contributed by atoms with van der Waals surface area (Å²) in [6.07, 6.45) is 1.54. The summed E-state index contributed by atoms with van der Waals surface area (Å²) in [6, 6.07) is 14.0. The number of carbonyl (C=O) groups excluding carboxylic acids is 1. The molecule has 1 aliphatic heterocycles. The van der Waals surface area contributed by atoms with Gasteiger partial charge in [0.1, 0.15) is 11.3 Å². The number of methoxy groups -OCH3 is 1. The number of ether oxygens (including phenoxy) is 1. The zero-order chi connectivity index (χ0) is 16.6. The van der Waals surface area contributed by atoms with Crippen molar-refractivity contribution in [2.45, 2.75) is 32.2 Å². The number of hydrogen-bond donors (Lipinski definition) is 0. The van der Waals surface area contributed by atoms with Crippen molar-refractivity contribution >= 4 is 11.5 Å². The monoisotopic (exact) mass is 309 g/mol. The Morgan fingerprint density at radius 2 is 2.00 bits per heavy atom. The molecule has 1 atom stereocenters. The molecule has 1 heterocycles. The van der Waals surface area contributed by atoms with E-state index in [1.54, 1.807) is 7.11 Å². The molecular formula is C20H23NO2. The van der Waals surface area contributed by atoms with Gasteiger partial charge in [-0.1, -0.05) is 25.1 Å².